The molecule has 0 aliphatic heterocycles. The van der Waals surface area contributed by atoms with Gasteiger partial charge in [-0.05, 0) is 63.1 Å². The molecule has 100 valence electrons. The van der Waals surface area contributed by atoms with Gasteiger partial charge in [0, 0.05) is 12.6 Å². The summed E-state index contributed by atoms with van der Waals surface area (Å²) in [5.41, 5.74) is 5.72. The van der Waals surface area contributed by atoms with Crippen LogP contribution in [-0.4, -0.2) is 6.04 Å². The van der Waals surface area contributed by atoms with Crippen LogP contribution in [0.3, 0.4) is 0 Å². The van der Waals surface area contributed by atoms with Crippen LogP contribution in [0.25, 0.3) is 0 Å². The van der Waals surface area contributed by atoms with E-state index in [1.54, 1.807) is 0 Å². The summed E-state index contributed by atoms with van der Waals surface area (Å²) in [5, 5.41) is 3.74. The fraction of sp³-hybridized carbons (Fsp3) is 0.647. The van der Waals surface area contributed by atoms with Gasteiger partial charge in [0.05, 0.1) is 0 Å². The van der Waals surface area contributed by atoms with Crippen molar-refractivity contribution in [3.8, 4) is 0 Å². The van der Waals surface area contributed by atoms with Gasteiger partial charge >= 0.3 is 0 Å². The van der Waals surface area contributed by atoms with Crippen molar-refractivity contribution in [2.24, 2.45) is 5.92 Å². The number of aryl methyl sites for hydroxylation is 3. The molecule has 0 spiro atoms. The highest BCUT2D eigenvalue weighted by Gasteiger charge is 2.21. The molecule has 1 N–H and O–H groups in total. The maximum atomic E-state index is 3.74. The van der Waals surface area contributed by atoms with E-state index in [-0.39, 0.29) is 0 Å². The van der Waals surface area contributed by atoms with Crippen LogP contribution in [0.2, 0.25) is 0 Å². The minimum Gasteiger partial charge on any atom is -0.310 e. The molecule has 0 radical (unpaired) electrons. The van der Waals surface area contributed by atoms with Crippen LogP contribution in [0.4, 0.5) is 0 Å². The van der Waals surface area contributed by atoms with Crippen molar-refractivity contribution in [3.63, 3.8) is 0 Å². The summed E-state index contributed by atoms with van der Waals surface area (Å²) in [4.78, 5) is 0. The lowest BCUT2D eigenvalue weighted by molar-refractivity contribution is 0.380. The molecule has 18 heavy (non-hydrogen) atoms. The average Bonchev–Trinajstić information content (AvgIpc) is 2.80. The first-order valence-electron chi connectivity index (χ1n) is 7.38. The van der Waals surface area contributed by atoms with Gasteiger partial charge < -0.3 is 5.32 Å². The zero-order valence-corrected chi connectivity index (χ0v) is 12.3. The predicted octanol–water partition coefficient (Wildman–Crippen LogP) is 4.28. The molecule has 1 nitrogen and oxygen atoms in total. The van der Waals surface area contributed by atoms with E-state index in [9.17, 15) is 0 Å². The Labute approximate surface area is 112 Å². The quantitative estimate of drug-likeness (QED) is 0.835. The van der Waals surface area contributed by atoms with Crippen molar-refractivity contribution < 1.29 is 0 Å². The molecule has 1 heteroatoms. The lowest BCUT2D eigenvalue weighted by atomic mass is 9.97. The van der Waals surface area contributed by atoms with Crippen LogP contribution in [0.5, 0.6) is 0 Å². The second-order valence-corrected chi connectivity index (χ2v) is 6.09. The molecule has 1 fully saturated rings. The Bertz CT molecular complexity index is 379. The first-order valence-corrected chi connectivity index (χ1v) is 7.38. The van der Waals surface area contributed by atoms with Gasteiger partial charge in [-0.2, -0.15) is 0 Å². The fourth-order valence-corrected chi connectivity index (χ4v) is 3.38. The molecule has 0 saturated heterocycles. The predicted molar refractivity (Wildman–Crippen MR) is 78.9 cm³/mol. The Hall–Kier alpha value is -0.820. The maximum absolute atomic E-state index is 3.74. The molecule has 0 bridgehead atoms. The molecular formula is C17H27N. The van der Waals surface area contributed by atoms with Gasteiger partial charge in [-0.25, -0.2) is 0 Å². The van der Waals surface area contributed by atoms with Gasteiger partial charge in [0.1, 0.15) is 0 Å². The Balaban J connectivity index is 1.97. The molecule has 1 aliphatic carbocycles. The van der Waals surface area contributed by atoms with E-state index < -0.39 is 0 Å². The molecule has 1 saturated carbocycles. The largest absolute Gasteiger partial charge is 0.310 e. The minimum absolute atomic E-state index is 0.660. The monoisotopic (exact) mass is 245 g/mol. The fourth-order valence-electron chi connectivity index (χ4n) is 3.38. The molecule has 1 aromatic rings. The summed E-state index contributed by atoms with van der Waals surface area (Å²) in [5.74, 6) is 0.899. The summed E-state index contributed by atoms with van der Waals surface area (Å²) in [6.07, 6.45) is 5.69. The van der Waals surface area contributed by atoms with Gasteiger partial charge in [-0.1, -0.05) is 30.5 Å². The lowest BCUT2D eigenvalue weighted by Gasteiger charge is -2.22. The highest BCUT2D eigenvalue weighted by Crippen LogP contribution is 2.28. The smallest absolute Gasteiger partial charge is 0.0213 e. The number of benzene rings is 1. The maximum Gasteiger partial charge on any atom is 0.0213 e. The first-order chi connectivity index (χ1) is 8.58. The lowest BCUT2D eigenvalue weighted by Crippen LogP contribution is -2.32. The van der Waals surface area contributed by atoms with E-state index in [1.807, 2.05) is 0 Å². The molecule has 0 heterocycles. The van der Waals surface area contributed by atoms with Crippen molar-refractivity contribution >= 4 is 0 Å². The summed E-state index contributed by atoms with van der Waals surface area (Å²) >= 11 is 0. The second-order valence-electron chi connectivity index (χ2n) is 6.09. The van der Waals surface area contributed by atoms with Gasteiger partial charge in [-0.15, -0.1) is 0 Å². The third-order valence-electron chi connectivity index (χ3n) is 4.55. The van der Waals surface area contributed by atoms with Crippen LogP contribution in [0, 0.1) is 26.7 Å². The molecule has 0 amide bonds. The van der Waals surface area contributed by atoms with Crippen molar-refractivity contribution in [3.05, 3.63) is 34.4 Å². The van der Waals surface area contributed by atoms with E-state index in [4.69, 9.17) is 0 Å². The van der Waals surface area contributed by atoms with Crippen LogP contribution in [0.1, 0.15) is 54.9 Å². The number of hydrogen-bond acceptors (Lipinski definition) is 1. The van der Waals surface area contributed by atoms with Crippen LogP contribution >= 0.6 is 0 Å². The molecule has 1 aromatic carbocycles. The van der Waals surface area contributed by atoms with E-state index in [0.29, 0.717) is 6.04 Å². The average molecular weight is 245 g/mol. The number of rotatable bonds is 4. The van der Waals surface area contributed by atoms with Crippen molar-refractivity contribution in [2.45, 2.75) is 66.0 Å². The zero-order valence-electron chi connectivity index (χ0n) is 12.3. The standard InChI is InChI=1S/C17H27N/c1-12-9-13(2)17(14(3)10-12)11-18-15(4)16-7-5-6-8-16/h9-10,15-16,18H,5-8,11H2,1-4H3/t15-/m0/s1. The Kier molecular flexibility index (Phi) is 4.45. The normalized spacial score (nSPS) is 18.2. The van der Waals surface area contributed by atoms with E-state index >= 15 is 0 Å². The van der Waals surface area contributed by atoms with Gasteiger partial charge in [0.15, 0.2) is 0 Å². The van der Waals surface area contributed by atoms with Gasteiger partial charge in [0.25, 0.3) is 0 Å². The SMILES string of the molecule is Cc1cc(C)c(CN[C@@H](C)C2CCCC2)c(C)c1. The Morgan fingerprint density at radius 1 is 1.11 bits per heavy atom. The summed E-state index contributed by atoms with van der Waals surface area (Å²) in [6.45, 7) is 10.0. The van der Waals surface area contributed by atoms with Gasteiger partial charge in [0.2, 0.25) is 0 Å². The molecule has 2 rings (SSSR count). The molecule has 1 atom stereocenters. The van der Waals surface area contributed by atoms with E-state index in [0.717, 1.165) is 12.5 Å². The van der Waals surface area contributed by atoms with Crippen molar-refractivity contribution in [1.29, 1.82) is 0 Å². The molecular weight excluding hydrogens is 218 g/mol. The Morgan fingerprint density at radius 3 is 2.22 bits per heavy atom. The van der Waals surface area contributed by atoms with Crippen LogP contribution in [0.15, 0.2) is 12.1 Å². The first kappa shape index (κ1) is 13.6. The summed E-state index contributed by atoms with van der Waals surface area (Å²) in [6, 6.07) is 5.25. The van der Waals surface area contributed by atoms with E-state index in [2.05, 4.69) is 45.1 Å². The number of nitrogens with one attached hydrogen (secondary N) is 1. The van der Waals surface area contributed by atoms with Crippen molar-refractivity contribution in [2.75, 3.05) is 0 Å². The molecule has 0 aromatic heterocycles. The highest BCUT2D eigenvalue weighted by molar-refractivity contribution is 5.37. The zero-order chi connectivity index (χ0) is 13.1. The highest BCUT2D eigenvalue weighted by atomic mass is 14.9. The molecule has 1 aliphatic rings. The molecule has 0 unspecified atom stereocenters. The van der Waals surface area contributed by atoms with Crippen LogP contribution < -0.4 is 5.32 Å². The number of hydrogen-bond donors (Lipinski definition) is 1. The summed E-state index contributed by atoms with van der Waals surface area (Å²) < 4.78 is 0. The Morgan fingerprint density at radius 2 is 1.67 bits per heavy atom. The minimum atomic E-state index is 0.660. The third kappa shape index (κ3) is 3.14. The summed E-state index contributed by atoms with van der Waals surface area (Å²) in [7, 11) is 0. The topological polar surface area (TPSA) is 12.0 Å². The third-order valence-corrected chi connectivity index (χ3v) is 4.55. The van der Waals surface area contributed by atoms with Crippen molar-refractivity contribution in [1.82, 2.24) is 5.32 Å². The van der Waals surface area contributed by atoms with Gasteiger partial charge in [-0.3, -0.25) is 0 Å². The van der Waals surface area contributed by atoms with Crippen LogP contribution in [-0.2, 0) is 6.54 Å². The second kappa shape index (κ2) is 5.88. The van der Waals surface area contributed by atoms with E-state index in [1.165, 1.54) is 47.9 Å².